The number of para-hydroxylation sites is 1. The van der Waals surface area contributed by atoms with Crippen molar-refractivity contribution in [2.75, 3.05) is 0 Å². The summed E-state index contributed by atoms with van der Waals surface area (Å²) < 4.78 is 15.3. The minimum atomic E-state index is -1.08. The second-order valence-corrected chi connectivity index (χ2v) is 7.84. The molecular formula is C17H16BrN3OS. The second-order valence-electron chi connectivity index (χ2n) is 5.16. The molecule has 2 unspecified atom stereocenters. The third kappa shape index (κ3) is 3.95. The number of hydrogen-bond acceptors (Lipinski definition) is 3. The summed E-state index contributed by atoms with van der Waals surface area (Å²) in [6.07, 6.45) is 1.66. The first kappa shape index (κ1) is 16.1. The molecule has 0 aliphatic heterocycles. The summed E-state index contributed by atoms with van der Waals surface area (Å²) in [5.74, 6) is 0.932. The lowest BCUT2D eigenvalue weighted by molar-refractivity contribution is 0.673. The topological polar surface area (TPSA) is 47.8 Å². The van der Waals surface area contributed by atoms with Crippen LogP contribution in [0.2, 0.25) is 0 Å². The molecule has 0 bridgehead atoms. The predicted octanol–water partition coefficient (Wildman–Crippen LogP) is 4.04. The molecule has 2 atom stereocenters. The van der Waals surface area contributed by atoms with E-state index in [1.165, 1.54) is 0 Å². The monoisotopic (exact) mass is 389 g/mol. The lowest BCUT2D eigenvalue weighted by Crippen LogP contribution is -2.07. The minimum Gasteiger partial charge on any atom is -0.258 e. The second kappa shape index (κ2) is 7.19. The van der Waals surface area contributed by atoms with E-state index in [4.69, 9.17) is 0 Å². The van der Waals surface area contributed by atoms with Crippen molar-refractivity contribution in [3.05, 3.63) is 76.8 Å². The van der Waals surface area contributed by atoms with Crippen molar-refractivity contribution in [1.29, 1.82) is 0 Å². The Morgan fingerprint density at radius 2 is 1.96 bits per heavy atom. The van der Waals surface area contributed by atoms with Gasteiger partial charge in [0.05, 0.1) is 16.7 Å². The van der Waals surface area contributed by atoms with Gasteiger partial charge in [0, 0.05) is 15.3 Å². The Kier molecular flexibility index (Phi) is 5.03. The predicted molar refractivity (Wildman–Crippen MR) is 95.8 cm³/mol. The number of aromatic nitrogens is 3. The lowest BCUT2D eigenvalue weighted by atomic mass is 10.2. The fraction of sp³-hybridized carbons (Fsp3) is 0.176. The number of nitrogens with zero attached hydrogens (tertiary/aromatic N) is 3. The van der Waals surface area contributed by atoms with Gasteiger partial charge in [-0.25, -0.2) is 9.67 Å². The van der Waals surface area contributed by atoms with Crippen LogP contribution in [0.1, 0.15) is 23.6 Å². The van der Waals surface area contributed by atoms with E-state index in [1.54, 1.807) is 11.0 Å². The van der Waals surface area contributed by atoms with Gasteiger partial charge in [0.25, 0.3) is 0 Å². The van der Waals surface area contributed by atoms with Gasteiger partial charge in [-0.15, -0.1) is 0 Å². The third-order valence-corrected chi connectivity index (χ3v) is 5.64. The van der Waals surface area contributed by atoms with E-state index in [1.807, 2.05) is 61.5 Å². The van der Waals surface area contributed by atoms with Gasteiger partial charge in [-0.2, -0.15) is 5.10 Å². The quantitative estimate of drug-likeness (QED) is 0.661. The average Bonchev–Trinajstić information content (AvgIpc) is 3.03. The number of rotatable bonds is 5. The van der Waals surface area contributed by atoms with Crippen molar-refractivity contribution >= 4 is 26.7 Å². The molecule has 0 amide bonds. The van der Waals surface area contributed by atoms with Crippen LogP contribution in [0.15, 0.2) is 65.4 Å². The molecule has 3 aromatic rings. The van der Waals surface area contributed by atoms with Crippen LogP contribution in [0.4, 0.5) is 0 Å². The summed E-state index contributed by atoms with van der Waals surface area (Å²) in [7, 11) is -1.08. The van der Waals surface area contributed by atoms with Gasteiger partial charge < -0.3 is 0 Å². The van der Waals surface area contributed by atoms with Crippen molar-refractivity contribution in [3.63, 3.8) is 0 Å². The maximum Gasteiger partial charge on any atom is 0.163 e. The van der Waals surface area contributed by atoms with E-state index in [0.29, 0.717) is 11.6 Å². The molecule has 1 heterocycles. The zero-order valence-corrected chi connectivity index (χ0v) is 15.0. The Morgan fingerprint density at radius 3 is 2.70 bits per heavy atom. The lowest BCUT2D eigenvalue weighted by Gasteiger charge is -2.11. The molecule has 0 spiro atoms. The largest absolute Gasteiger partial charge is 0.258 e. The highest BCUT2D eigenvalue weighted by atomic mass is 79.9. The molecule has 1 aromatic heterocycles. The maximum atomic E-state index is 12.6. The van der Waals surface area contributed by atoms with Crippen LogP contribution in [0.5, 0.6) is 0 Å². The highest BCUT2D eigenvalue weighted by Gasteiger charge is 2.16. The standard InChI is InChI=1S/C17H16BrN3OS/c1-13(14-6-5-7-15(18)10-14)23(22)11-17-19-12-21(20-17)16-8-3-2-4-9-16/h2-10,12-13H,11H2,1H3. The SMILES string of the molecule is CC(c1cccc(Br)c1)S(=O)Cc1ncn(-c2ccccc2)n1. The first-order chi connectivity index (χ1) is 11.1. The number of halogens is 1. The zero-order chi connectivity index (χ0) is 16.2. The summed E-state index contributed by atoms with van der Waals surface area (Å²) in [5, 5.41) is 4.34. The molecule has 3 rings (SSSR count). The summed E-state index contributed by atoms with van der Waals surface area (Å²) in [6, 6.07) is 17.7. The van der Waals surface area contributed by atoms with Gasteiger partial charge in [0.1, 0.15) is 6.33 Å². The molecule has 118 valence electrons. The van der Waals surface area contributed by atoms with Crippen molar-refractivity contribution in [2.45, 2.75) is 17.9 Å². The van der Waals surface area contributed by atoms with Crippen LogP contribution < -0.4 is 0 Å². The van der Waals surface area contributed by atoms with Gasteiger partial charge in [0.15, 0.2) is 5.82 Å². The van der Waals surface area contributed by atoms with Crippen LogP contribution in [0, 0.1) is 0 Å². The van der Waals surface area contributed by atoms with E-state index in [-0.39, 0.29) is 5.25 Å². The van der Waals surface area contributed by atoms with E-state index < -0.39 is 10.8 Å². The highest BCUT2D eigenvalue weighted by Crippen LogP contribution is 2.24. The molecule has 0 saturated carbocycles. The van der Waals surface area contributed by atoms with Gasteiger partial charge in [0.2, 0.25) is 0 Å². The summed E-state index contributed by atoms with van der Waals surface area (Å²) in [5.41, 5.74) is 1.98. The van der Waals surface area contributed by atoms with Gasteiger partial charge in [-0.1, -0.05) is 46.3 Å². The first-order valence-corrected chi connectivity index (χ1v) is 9.39. The molecule has 0 N–H and O–H groups in total. The highest BCUT2D eigenvalue weighted by molar-refractivity contribution is 9.10. The van der Waals surface area contributed by atoms with Crippen molar-refractivity contribution in [3.8, 4) is 5.69 Å². The Hall–Kier alpha value is -1.79. The van der Waals surface area contributed by atoms with Crippen molar-refractivity contribution in [2.24, 2.45) is 0 Å². The number of hydrogen-bond donors (Lipinski definition) is 0. The fourth-order valence-electron chi connectivity index (χ4n) is 2.23. The van der Waals surface area contributed by atoms with Crippen LogP contribution in [-0.4, -0.2) is 19.0 Å². The normalized spacial score (nSPS) is 13.7. The van der Waals surface area contributed by atoms with Crippen LogP contribution in [0.3, 0.4) is 0 Å². The minimum absolute atomic E-state index is 0.0730. The molecule has 4 nitrogen and oxygen atoms in total. The first-order valence-electron chi connectivity index (χ1n) is 7.22. The average molecular weight is 390 g/mol. The molecule has 0 fully saturated rings. The third-order valence-electron chi connectivity index (χ3n) is 3.54. The van der Waals surface area contributed by atoms with E-state index in [0.717, 1.165) is 15.7 Å². The van der Waals surface area contributed by atoms with E-state index >= 15 is 0 Å². The van der Waals surface area contributed by atoms with E-state index in [2.05, 4.69) is 26.0 Å². The molecule has 6 heteroatoms. The zero-order valence-electron chi connectivity index (χ0n) is 12.6. The summed E-state index contributed by atoms with van der Waals surface area (Å²) in [4.78, 5) is 4.28. The van der Waals surface area contributed by atoms with Crippen LogP contribution >= 0.6 is 15.9 Å². The Balaban J connectivity index is 1.72. The molecule has 0 aliphatic rings. The summed E-state index contributed by atoms with van der Waals surface area (Å²) in [6.45, 7) is 1.96. The van der Waals surface area contributed by atoms with E-state index in [9.17, 15) is 4.21 Å². The Morgan fingerprint density at radius 1 is 1.17 bits per heavy atom. The fourth-order valence-corrected chi connectivity index (χ4v) is 3.74. The van der Waals surface area contributed by atoms with Crippen molar-refractivity contribution in [1.82, 2.24) is 14.8 Å². The Bertz CT molecular complexity index is 819. The molecule has 0 saturated heterocycles. The smallest absolute Gasteiger partial charge is 0.163 e. The molecule has 23 heavy (non-hydrogen) atoms. The number of benzene rings is 2. The van der Waals surface area contributed by atoms with Gasteiger partial charge >= 0.3 is 0 Å². The summed E-state index contributed by atoms with van der Waals surface area (Å²) >= 11 is 3.45. The maximum absolute atomic E-state index is 12.6. The molecule has 0 radical (unpaired) electrons. The van der Waals surface area contributed by atoms with Gasteiger partial charge in [-0.3, -0.25) is 4.21 Å². The molecule has 0 aliphatic carbocycles. The molecule has 2 aromatic carbocycles. The Labute approximate surface area is 146 Å². The van der Waals surface area contributed by atoms with Crippen LogP contribution in [0.25, 0.3) is 5.69 Å². The van der Waals surface area contributed by atoms with Crippen LogP contribution in [-0.2, 0) is 16.6 Å². The van der Waals surface area contributed by atoms with Gasteiger partial charge in [-0.05, 0) is 36.8 Å². The van der Waals surface area contributed by atoms with Crippen molar-refractivity contribution < 1.29 is 4.21 Å². The molecular weight excluding hydrogens is 374 g/mol.